The Morgan fingerprint density at radius 1 is 1.22 bits per heavy atom. The SMILES string of the molecule is Cn1c(=O)n([C@@H]2CCN(S(=O)(=O)Cc3ccc(Cl)cc3)C2)c2ncccc21. The molecule has 0 spiro atoms. The van der Waals surface area contributed by atoms with Crippen LogP contribution in [0.25, 0.3) is 11.2 Å². The van der Waals surface area contributed by atoms with Gasteiger partial charge in [0, 0.05) is 31.4 Å². The van der Waals surface area contributed by atoms with Gasteiger partial charge in [-0.15, -0.1) is 0 Å². The molecule has 0 amide bonds. The Morgan fingerprint density at radius 3 is 2.70 bits per heavy atom. The van der Waals surface area contributed by atoms with Crippen LogP contribution in [0.4, 0.5) is 0 Å². The van der Waals surface area contributed by atoms with Crippen molar-refractivity contribution in [1.82, 2.24) is 18.4 Å². The lowest BCUT2D eigenvalue weighted by molar-refractivity contribution is 0.448. The van der Waals surface area contributed by atoms with Crippen LogP contribution < -0.4 is 5.69 Å². The lowest BCUT2D eigenvalue weighted by Crippen LogP contribution is -2.32. The number of nitrogens with zero attached hydrogens (tertiary/aromatic N) is 4. The smallest absolute Gasteiger partial charge is 0.293 e. The van der Waals surface area contributed by atoms with Gasteiger partial charge in [0.1, 0.15) is 0 Å². The molecule has 2 aromatic heterocycles. The first kappa shape index (κ1) is 18.2. The number of pyridine rings is 1. The molecule has 7 nitrogen and oxygen atoms in total. The molecule has 1 aromatic carbocycles. The lowest BCUT2D eigenvalue weighted by atomic mass is 10.2. The minimum Gasteiger partial charge on any atom is -0.293 e. The van der Waals surface area contributed by atoms with Crippen molar-refractivity contribution in [2.24, 2.45) is 7.05 Å². The number of benzene rings is 1. The summed E-state index contributed by atoms with van der Waals surface area (Å²) in [5.74, 6) is -0.0838. The van der Waals surface area contributed by atoms with Crippen LogP contribution in [0, 0.1) is 0 Å². The first-order valence-corrected chi connectivity index (χ1v) is 10.6. The average Bonchev–Trinajstić information content (AvgIpc) is 3.22. The third-order valence-electron chi connectivity index (χ3n) is 5.00. The van der Waals surface area contributed by atoms with Crippen molar-refractivity contribution < 1.29 is 8.42 Å². The Bertz CT molecular complexity index is 1150. The number of imidazole rings is 1. The van der Waals surface area contributed by atoms with Crippen LogP contribution in [-0.4, -0.2) is 39.9 Å². The molecule has 4 rings (SSSR count). The number of sulfonamides is 1. The fraction of sp³-hybridized carbons (Fsp3) is 0.333. The Morgan fingerprint density at radius 2 is 1.96 bits per heavy atom. The first-order chi connectivity index (χ1) is 12.9. The van der Waals surface area contributed by atoms with Gasteiger partial charge in [-0.2, -0.15) is 4.31 Å². The highest BCUT2D eigenvalue weighted by atomic mass is 35.5. The van der Waals surface area contributed by atoms with Crippen molar-refractivity contribution in [3.05, 3.63) is 63.7 Å². The molecule has 27 heavy (non-hydrogen) atoms. The summed E-state index contributed by atoms with van der Waals surface area (Å²) in [7, 11) is -1.78. The van der Waals surface area contributed by atoms with Crippen LogP contribution in [0.5, 0.6) is 0 Å². The fourth-order valence-electron chi connectivity index (χ4n) is 3.58. The number of aromatic nitrogens is 3. The van der Waals surface area contributed by atoms with Gasteiger partial charge in [-0.25, -0.2) is 18.2 Å². The Kier molecular flexibility index (Phi) is 4.57. The van der Waals surface area contributed by atoms with Gasteiger partial charge >= 0.3 is 5.69 Å². The van der Waals surface area contributed by atoms with E-state index in [2.05, 4.69) is 4.98 Å². The maximum atomic E-state index is 12.8. The molecule has 0 saturated carbocycles. The first-order valence-electron chi connectivity index (χ1n) is 8.61. The van der Waals surface area contributed by atoms with Gasteiger partial charge in [-0.1, -0.05) is 23.7 Å². The predicted octanol–water partition coefficient (Wildman–Crippen LogP) is 2.17. The normalized spacial score (nSPS) is 18.4. The molecule has 1 aliphatic heterocycles. The minimum absolute atomic E-state index is 0.0838. The van der Waals surface area contributed by atoms with Gasteiger partial charge in [-0.3, -0.25) is 9.13 Å². The molecule has 1 atom stereocenters. The molecular weight excluding hydrogens is 388 g/mol. The van der Waals surface area contributed by atoms with E-state index in [0.29, 0.717) is 29.2 Å². The molecule has 142 valence electrons. The van der Waals surface area contributed by atoms with Crippen LogP contribution in [0.3, 0.4) is 0 Å². The predicted molar refractivity (Wildman–Crippen MR) is 104 cm³/mol. The maximum absolute atomic E-state index is 12.8. The second-order valence-electron chi connectivity index (χ2n) is 6.74. The van der Waals surface area contributed by atoms with Crippen LogP contribution in [0.1, 0.15) is 18.0 Å². The summed E-state index contributed by atoms with van der Waals surface area (Å²) in [4.78, 5) is 17.0. The van der Waals surface area contributed by atoms with Gasteiger partial charge in [0.2, 0.25) is 10.0 Å². The van der Waals surface area contributed by atoms with Crippen molar-refractivity contribution in [2.75, 3.05) is 13.1 Å². The third kappa shape index (κ3) is 3.28. The largest absolute Gasteiger partial charge is 0.330 e. The summed E-state index contributed by atoms with van der Waals surface area (Å²) in [5.41, 5.74) is 1.84. The summed E-state index contributed by atoms with van der Waals surface area (Å²) < 4.78 is 30.2. The highest BCUT2D eigenvalue weighted by Gasteiger charge is 2.34. The van der Waals surface area contributed by atoms with Gasteiger partial charge in [-0.05, 0) is 36.2 Å². The van der Waals surface area contributed by atoms with E-state index in [1.807, 2.05) is 6.07 Å². The van der Waals surface area contributed by atoms with Gasteiger partial charge in [0.15, 0.2) is 5.65 Å². The Balaban J connectivity index is 1.60. The molecule has 3 heterocycles. The van der Waals surface area contributed by atoms with Crippen molar-refractivity contribution >= 4 is 32.8 Å². The maximum Gasteiger partial charge on any atom is 0.330 e. The molecule has 0 radical (unpaired) electrons. The van der Waals surface area contributed by atoms with E-state index in [1.54, 1.807) is 52.7 Å². The molecule has 1 fully saturated rings. The van der Waals surface area contributed by atoms with Crippen LogP contribution in [0.15, 0.2) is 47.4 Å². The number of hydrogen-bond acceptors (Lipinski definition) is 4. The Labute approximate surface area is 161 Å². The van der Waals surface area contributed by atoms with E-state index >= 15 is 0 Å². The summed E-state index contributed by atoms with van der Waals surface area (Å²) in [5, 5.41) is 0.570. The van der Waals surface area contributed by atoms with Crippen LogP contribution >= 0.6 is 11.6 Å². The van der Waals surface area contributed by atoms with E-state index in [4.69, 9.17) is 11.6 Å². The van der Waals surface area contributed by atoms with E-state index < -0.39 is 10.0 Å². The van der Waals surface area contributed by atoms with Crippen LogP contribution in [0.2, 0.25) is 5.02 Å². The fourth-order valence-corrected chi connectivity index (χ4v) is 5.28. The molecule has 0 unspecified atom stereocenters. The highest BCUT2D eigenvalue weighted by molar-refractivity contribution is 7.88. The average molecular weight is 407 g/mol. The zero-order valence-corrected chi connectivity index (χ0v) is 16.3. The van der Waals surface area contributed by atoms with E-state index in [0.717, 1.165) is 5.52 Å². The van der Waals surface area contributed by atoms with E-state index in [1.165, 1.54) is 4.31 Å². The topological polar surface area (TPSA) is 77.2 Å². The molecule has 3 aromatic rings. The van der Waals surface area contributed by atoms with Crippen molar-refractivity contribution in [3.8, 4) is 0 Å². The van der Waals surface area contributed by atoms with Gasteiger partial charge in [0.25, 0.3) is 0 Å². The second kappa shape index (κ2) is 6.78. The highest BCUT2D eigenvalue weighted by Crippen LogP contribution is 2.27. The number of halogens is 1. The Hall–Kier alpha value is -2.16. The number of fused-ring (bicyclic) bond motifs is 1. The number of hydrogen-bond donors (Lipinski definition) is 0. The third-order valence-corrected chi connectivity index (χ3v) is 7.06. The molecule has 1 aliphatic rings. The summed E-state index contributed by atoms with van der Waals surface area (Å²) >= 11 is 5.86. The summed E-state index contributed by atoms with van der Waals surface area (Å²) in [6.45, 7) is 0.655. The molecule has 9 heteroatoms. The quantitative estimate of drug-likeness (QED) is 0.665. The van der Waals surface area contributed by atoms with E-state index in [9.17, 15) is 13.2 Å². The molecule has 0 N–H and O–H groups in total. The van der Waals surface area contributed by atoms with Gasteiger partial charge < -0.3 is 0 Å². The van der Waals surface area contributed by atoms with Gasteiger partial charge in [0.05, 0.1) is 17.3 Å². The van der Waals surface area contributed by atoms with Crippen molar-refractivity contribution in [1.29, 1.82) is 0 Å². The molecule has 0 aliphatic carbocycles. The zero-order valence-electron chi connectivity index (χ0n) is 14.7. The minimum atomic E-state index is -3.48. The second-order valence-corrected chi connectivity index (χ2v) is 9.15. The standard InChI is InChI=1S/C18H19ClN4O3S/c1-21-16-3-2-9-20-17(16)23(18(21)24)15-8-10-22(11-15)27(25,26)12-13-4-6-14(19)7-5-13/h2-7,9,15H,8,10-12H2,1H3/t15-/m1/s1. The zero-order chi connectivity index (χ0) is 19.2. The summed E-state index contributed by atoms with van der Waals surface area (Å²) in [6, 6.07) is 10.2. The molecule has 0 bridgehead atoms. The summed E-state index contributed by atoms with van der Waals surface area (Å²) in [6.07, 6.45) is 2.22. The number of rotatable bonds is 4. The van der Waals surface area contributed by atoms with E-state index in [-0.39, 0.29) is 24.0 Å². The van der Waals surface area contributed by atoms with Crippen LogP contribution in [-0.2, 0) is 22.8 Å². The lowest BCUT2D eigenvalue weighted by Gasteiger charge is -2.17. The van der Waals surface area contributed by atoms with Crippen molar-refractivity contribution in [3.63, 3.8) is 0 Å². The molecule has 1 saturated heterocycles. The number of aryl methyl sites for hydroxylation is 1. The van der Waals surface area contributed by atoms with Crippen molar-refractivity contribution in [2.45, 2.75) is 18.2 Å². The monoisotopic (exact) mass is 406 g/mol. The molecular formula is C18H19ClN4O3S.